The molecule has 2 saturated heterocycles. The maximum atomic E-state index is 12.5. The fourth-order valence-electron chi connectivity index (χ4n) is 4.20. The van der Waals surface area contributed by atoms with Gasteiger partial charge in [0.25, 0.3) is 0 Å². The lowest BCUT2D eigenvalue weighted by atomic mass is 9.92. The molecular weight excluding hydrogens is 366 g/mol. The summed E-state index contributed by atoms with van der Waals surface area (Å²) in [5.74, 6) is 0.178. The highest BCUT2D eigenvalue weighted by atomic mass is 16.5. The average Bonchev–Trinajstić information content (AvgIpc) is 3.27. The van der Waals surface area contributed by atoms with Crippen molar-refractivity contribution in [2.24, 2.45) is 5.73 Å². The van der Waals surface area contributed by atoms with Crippen molar-refractivity contribution in [3.8, 4) is 11.1 Å². The molecular formula is C23H27N3O3. The van der Waals surface area contributed by atoms with Crippen LogP contribution in [0.3, 0.4) is 0 Å². The fraction of sp³-hybridized carbons (Fsp3) is 0.435. The second kappa shape index (κ2) is 8.74. The first kappa shape index (κ1) is 19.6. The Labute approximate surface area is 171 Å². The Kier molecular flexibility index (Phi) is 5.90. The first-order chi connectivity index (χ1) is 14.1. The largest absolute Gasteiger partial charge is 0.378 e. The third-order valence-electron chi connectivity index (χ3n) is 5.98. The lowest BCUT2D eigenvalue weighted by molar-refractivity contribution is -0.134. The molecule has 2 aliphatic rings. The third-order valence-corrected chi connectivity index (χ3v) is 5.98. The van der Waals surface area contributed by atoms with Gasteiger partial charge in [0.05, 0.1) is 12.5 Å². The van der Waals surface area contributed by atoms with Gasteiger partial charge in [-0.05, 0) is 49.4 Å². The molecule has 2 aromatic rings. The zero-order chi connectivity index (χ0) is 20.2. The molecule has 3 heterocycles. The van der Waals surface area contributed by atoms with Gasteiger partial charge < -0.3 is 15.4 Å². The molecule has 4 rings (SSSR count). The summed E-state index contributed by atoms with van der Waals surface area (Å²) < 4.78 is 5.59. The van der Waals surface area contributed by atoms with Crippen molar-refractivity contribution < 1.29 is 14.3 Å². The number of benzene rings is 1. The van der Waals surface area contributed by atoms with Gasteiger partial charge in [-0.25, -0.2) is 0 Å². The van der Waals surface area contributed by atoms with Crippen molar-refractivity contribution in [3.63, 3.8) is 0 Å². The maximum Gasteiger partial charge on any atom is 0.248 e. The van der Waals surface area contributed by atoms with E-state index in [0.717, 1.165) is 62.2 Å². The van der Waals surface area contributed by atoms with Crippen molar-refractivity contribution in [2.45, 2.75) is 44.1 Å². The molecule has 152 valence electrons. The number of piperidine rings is 1. The van der Waals surface area contributed by atoms with Gasteiger partial charge in [0.15, 0.2) is 0 Å². The molecule has 2 aliphatic heterocycles. The van der Waals surface area contributed by atoms with Crippen LogP contribution >= 0.6 is 0 Å². The van der Waals surface area contributed by atoms with Gasteiger partial charge in [-0.3, -0.25) is 14.6 Å². The van der Waals surface area contributed by atoms with E-state index in [0.29, 0.717) is 17.9 Å². The van der Waals surface area contributed by atoms with Gasteiger partial charge in [-0.2, -0.15) is 0 Å². The molecule has 29 heavy (non-hydrogen) atoms. The first-order valence-electron chi connectivity index (χ1n) is 10.4. The van der Waals surface area contributed by atoms with E-state index in [4.69, 9.17) is 10.5 Å². The van der Waals surface area contributed by atoms with Crippen molar-refractivity contribution >= 4 is 11.8 Å². The Hall–Kier alpha value is -2.73. The number of rotatable bonds is 5. The quantitative estimate of drug-likeness (QED) is 0.846. The van der Waals surface area contributed by atoms with E-state index in [1.54, 1.807) is 12.1 Å². The number of likely N-dealkylation sites (tertiary alicyclic amines) is 1. The number of ether oxygens (including phenoxy) is 1. The van der Waals surface area contributed by atoms with Gasteiger partial charge in [0, 0.05) is 48.6 Å². The molecule has 0 unspecified atom stereocenters. The molecule has 2 amide bonds. The summed E-state index contributed by atoms with van der Waals surface area (Å²) in [5, 5.41) is 0. The lowest BCUT2D eigenvalue weighted by Gasteiger charge is -2.32. The van der Waals surface area contributed by atoms with E-state index in [1.165, 1.54) is 0 Å². The minimum absolute atomic E-state index is 0.117. The molecule has 2 fully saturated rings. The second-order valence-electron chi connectivity index (χ2n) is 7.91. The van der Waals surface area contributed by atoms with Crippen LogP contribution in [-0.2, 0) is 9.53 Å². The Morgan fingerprint density at radius 3 is 2.34 bits per heavy atom. The van der Waals surface area contributed by atoms with Gasteiger partial charge in [0.2, 0.25) is 11.8 Å². The average molecular weight is 393 g/mol. The molecule has 0 spiro atoms. The SMILES string of the molecule is NC(=O)c1ccc(-c2ccc(C3CCN(C(=O)C[C@H]4CCCO4)CC3)nc2)cc1. The van der Waals surface area contributed by atoms with Gasteiger partial charge in [-0.15, -0.1) is 0 Å². The predicted molar refractivity (Wildman–Crippen MR) is 110 cm³/mol. The van der Waals surface area contributed by atoms with Crippen LogP contribution < -0.4 is 5.73 Å². The number of primary amides is 1. The minimum Gasteiger partial charge on any atom is -0.378 e. The number of carbonyl (C=O) groups is 2. The van der Waals surface area contributed by atoms with Crippen LogP contribution in [0.1, 0.15) is 54.1 Å². The van der Waals surface area contributed by atoms with Crippen LogP contribution in [-0.4, -0.2) is 47.5 Å². The van der Waals surface area contributed by atoms with Crippen LogP contribution in [0.2, 0.25) is 0 Å². The van der Waals surface area contributed by atoms with Gasteiger partial charge in [-0.1, -0.05) is 18.2 Å². The number of carbonyl (C=O) groups excluding carboxylic acids is 2. The summed E-state index contributed by atoms with van der Waals surface area (Å²) in [6, 6.07) is 11.4. The Morgan fingerprint density at radius 1 is 1.03 bits per heavy atom. The topological polar surface area (TPSA) is 85.5 Å². The molecule has 6 heteroatoms. The highest BCUT2D eigenvalue weighted by Crippen LogP contribution is 2.29. The standard InChI is InChI=1S/C23H27N3O3/c24-23(28)18-5-3-16(4-6-18)19-7-8-21(25-15-19)17-9-11-26(12-10-17)22(27)14-20-2-1-13-29-20/h3-8,15,17,20H,1-2,9-14H2,(H2,24,28)/t20-/m1/s1. The Balaban J connectivity index is 1.33. The molecule has 1 aromatic carbocycles. The molecule has 2 N–H and O–H groups in total. The van der Waals surface area contributed by atoms with Crippen molar-refractivity contribution in [2.75, 3.05) is 19.7 Å². The van der Waals surface area contributed by atoms with Crippen LogP contribution in [0.25, 0.3) is 11.1 Å². The number of aromatic nitrogens is 1. The summed E-state index contributed by atoms with van der Waals surface area (Å²) >= 11 is 0. The third kappa shape index (κ3) is 4.65. The van der Waals surface area contributed by atoms with Gasteiger partial charge in [0.1, 0.15) is 0 Å². The van der Waals surface area contributed by atoms with E-state index in [-0.39, 0.29) is 12.0 Å². The molecule has 1 atom stereocenters. The Morgan fingerprint density at radius 2 is 1.76 bits per heavy atom. The van der Waals surface area contributed by atoms with E-state index in [2.05, 4.69) is 17.1 Å². The number of nitrogens with two attached hydrogens (primary N) is 1. The summed E-state index contributed by atoms with van der Waals surface area (Å²) in [5.41, 5.74) is 8.88. The number of amides is 2. The smallest absolute Gasteiger partial charge is 0.248 e. The molecule has 0 saturated carbocycles. The van der Waals surface area contributed by atoms with E-state index < -0.39 is 5.91 Å². The van der Waals surface area contributed by atoms with Crippen molar-refractivity contribution in [1.82, 2.24) is 9.88 Å². The second-order valence-corrected chi connectivity index (χ2v) is 7.91. The monoisotopic (exact) mass is 393 g/mol. The summed E-state index contributed by atoms with van der Waals surface area (Å²) in [6.07, 6.45) is 6.47. The van der Waals surface area contributed by atoms with Crippen molar-refractivity contribution in [1.29, 1.82) is 0 Å². The zero-order valence-corrected chi connectivity index (χ0v) is 16.5. The summed E-state index contributed by atoms with van der Waals surface area (Å²) in [4.78, 5) is 30.3. The minimum atomic E-state index is -0.425. The maximum absolute atomic E-state index is 12.5. The molecule has 0 radical (unpaired) electrons. The van der Waals surface area contributed by atoms with Crippen LogP contribution in [0.15, 0.2) is 42.6 Å². The fourth-order valence-corrected chi connectivity index (χ4v) is 4.20. The first-order valence-corrected chi connectivity index (χ1v) is 10.4. The van der Waals surface area contributed by atoms with E-state index in [1.807, 2.05) is 23.2 Å². The zero-order valence-electron chi connectivity index (χ0n) is 16.5. The Bertz CT molecular complexity index is 850. The number of hydrogen-bond donors (Lipinski definition) is 1. The highest BCUT2D eigenvalue weighted by molar-refractivity contribution is 5.93. The predicted octanol–water partition coefficient (Wildman–Crippen LogP) is 3.12. The molecule has 1 aromatic heterocycles. The van der Waals surface area contributed by atoms with Crippen LogP contribution in [0.4, 0.5) is 0 Å². The summed E-state index contributed by atoms with van der Waals surface area (Å²) in [6.45, 7) is 2.36. The molecule has 0 bridgehead atoms. The van der Waals surface area contributed by atoms with Gasteiger partial charge >= 0.3 is 0 Å². The van der Waals surface area contributed by atoms with Crippen LogP contribution in [0, 0.1) is 0 Å². The van der Waals surface area contributed by atoms with Crippen LogP contribution in [0.5, 0.6) is 0 Å². The normalized spacial score (nSPS) is 20.0. The highest BCUT2D eigenvalue weighted by Gasteiger charge is 2.27. The van der Waals surface area contributed by atoms with E-state index >= 15 is 0 Å². The molecule has 0 aliphatic carbocycles. The number of hydrogen-bond acceptors (Lipinski definition) is 4. The lowest BCUT2D eigenvalue weighted by Crippen LogP contribution is -2.39. The summed E-state index contributed by atoms with van der Waals surface area (Å²) in [7, 11) is 0. The van der Waals surface area contributed by atoms with Crippen molar-refractivity contribution in [3.05, 3.63) is 53.9 Å². The van der Waals surface area contributed by atoms with E-state index in [9.17, 15) is 9.59 Å². The molecule has 6 nitrogen and oxygen atoms in total. The number of nitrogens with zero attached hydrogens (tertiary/aromatic N) is 2. The number of pyridine rings is 1.